The van der Waals surface area contributed by atoms with E-state index in [0.717, 1.165) is 34.4 Å². The summed E-state index contributed by atoms with van der Waals surface area (Å²) in [6.07, 6.45) is 4.80. The average molecular weight is 392 g/mol. The molecule has 24 heavy (non-hydrogen) atoms. The standard InChI is InChI=1S/C20H26BrNO2/c1-4-6-7-8-13-22-15(3)18(20(23)24-5-2)14-19(22)16-9-11-17(21)12-10-16/h9-12,14H,4-8,13H2,1-3H3. The maximum atomic E-state index is 12.2. The van der Waals surface area contributed by atoms with Crippen LogP contribution in [-0.4, -0.2) is 17.1 Å². The van der Waals surface area contributed by atoms with Gasteiger partial charge in [0.05, 0.1) is 12.2 Å². The van der Waals surface area contributed by atoms with E-state index in [1.807, 2.05) is 32.0 Å². The van der Waals surface area contributed by atoms with Gasteiger partial charge in [-0.3, -0.25) is 0 Å². The predicted molar refractivity (Wildman–Crippen MR) is 102 cm³/mol. The number of hydrogen-bond acceptors (Lipinski definition) is 2. The topological polar surface area (TPSA) is 31.2 Å². The van der Waals surface area contributed by atoms with Crippen molar-refractivity contribution in [2.75, 3.05) is 6.61 Å². The van der Waals surface area contributed by atoms with Crippen molar-refractivity contribution >= 4 is 21.9 Å². The third kappa shape index (κ3) is 4.50. The molecule has 3 nitrogen and oxygen atoms in total. The highest BCUT2D eigenvalue weighted by atomic mass is 79.9. The van der Waals surface area contributed by atoms with Crippen molar-refractivity contribution in [2.24, 2.45) is 0 Å². The molecule has 0 bridgehead atoms. The lowest BCUT2D eigenvalue weighted by molar-refractivity contribution is 0.0525. The number of rotatable bonds is 8. The van der Waals surface area contributed by atoms with E-state index in [-0.39, 0.29) is 5.97 Å². The highest BCUT2D eigenvalue weighted by Crippen LogP contribution is 2.28. The van der Waals surface area contributed by atoms with E-state index in [2.05, 4.69) is 39.6 Å². The van der Waals surface area contributed by atoms with Crippen molar-refractivity contribution in [3.8, 4) is 11.3 Å². The van der Waals surface area contributed by atoms with Crippen LogP contribution in [0.2, 0.25) is 0 Å². The van der Waals surface area contributed by atoms with Crippen molar-refractivity contribution < 1.29 is 9.53 Å². The van der Waals surface area contributed by atoms with E-state index in [1.54, 1.807) is 0 Å². The second-order valence-electron chi connectivity index (χ2n) is 5.97. The summed E-state index contributed by atoms with van der Waals surface area (Å²) in [5, 5.41) is 0. The first-order valence-corrected chi connectivity index (χ1v) is 9.51. The fourth-order valence-corrected chi connectivity index (χ4v) is 3.17. The molecule has 0 aliphatic heterocycles. The zero-order valence-electron chi connectivity index (χ0n) is 14.8. The Balaban J connectivity index is 2.36. The Morgan fingerprint density at radius 2 is 1.83 bits per heavy atom. The van der Waals surface area contributed by atoms with Crippen LogP contribution in [0.4, 0.5) is 0 Å². The number of aromatic nitrogens is 1. The lowest BCUT2D eigenvalue weighted by atomic mass is 10.1. The third-order valence-corrected chi connectivity index (χ3v) is 4.77. The number of ether oxygens (including phenoxy) is 1. The molecular formula is C20H26BrNO2. The van der Waals surface area contributed by atoms with Crippen LogP contribution in [-0.2, 0) is 11.3 Å². The summed E-state index contributed by atoms with van der Waals surface area (Å²) in [6, 6.07) is 10.2. The monoisotopic (exact) mass is 391 g/mol. The summed E-state index contributed by atoms with van der Waals surface area (Å²) in [5.41, 5.74) is 3.86. The Kier molecular flexibility index (Phi) is 7.10. The van der Waals surface area contributed by atoms with Gasteiger partial charge in [-0.15, -0.1) is 0 Å². The van der Waals surface area contributed by atoms with Gasteiger partial charge in [0.25, 0.3) is 0 Å². The Hall–Kier alpha value is -1.55. The first-order valence-electron chi connectivity index (χ1n) is 8.71. The van der Waals surface area contributed by atoms with E-state index in [0.29, 0.717) is 12.2 Å². The zero-order valence-corrected chi connectivity index (χ0v) is 16.4. The summed E-state index contributed by atoms with van der Waals surface area (Å²) in [4.78, 5) is 12.2. The van der Waals surface area contributed by atoms with Gasteiger partial charge in [0.1, 0.15) is 0 Å². The molecule has 2 rings (SSSR count). The molecule has 1 aromatic carbocycles. The number of esters is 1. The molecule has 0 aliphatic rings. The first kappa shape index (κ1) is 18.8. The van der Waals surface area contributed by atoms with Gasteiger partial charge in [0.2, 0.25) is 0 Å². The lowest BCUT2D eigenvalue weighted by Gasteiger charge is -2.12. The van der Waals surface area contributed by atoms with Crippen molar-refractivity contribution in [1.82, 2.24) is 4.57 Å². The Labute approximate surface area is 153 Å². The van der Waals surface area contributed by atoms with Gasteiger partial charge in [-0.25, -0.2) is 4.79 Å². The van der Waals surface area contributed by atoms with E-state index in [4.69, 9.17) is 4.74 Å². The molecule has 0 N–H and O–H groups in total. The summed E-state index contributed by atoms with van der Waals surface area (Å²) < 4.78 is 8.52. The Morgan fingerprint density at radius 1 is 1.12 bits per heavy atom. The Morgan fingerprint density at radius 3 is 2.46 bits per heavy atom. The first-order chi connectivity index (χ1) is 11.6. The lowest BCUT2D eigenvalue weighted by Crippen LogP contribution is -2.08. The number of nitrogens with zero attached hydrogens (tertiary/aromatic N) is 1. The molecule has 0 radical (unpaired) electrons. The summed E-state index contributed by atoms with van der Waals surface area (Å²) in [5.74, 6) is -0.235. The summed E-state index contributed by atoms with van der Waals surface area (Å²) in [6.45, 7) is 7.39. The average Bonchev–Trinajstić information content (AvgIpc) is 2.89. The number of benzene rings is 1. The van der Waals surface area contributed by atoms with Gasteiger partial charge in [-0.1, -0.05) is 54.2 Å². The molecule has 0 fully saturated rings. The zero-order chi connectivity index (χ0) is 17.5. The molecule has 4 heteroatoms. The molecule has 130 valence electrons. The van der Waals surface area contributed by atoms with Crippen LogP contribution in [0.25, 0.3) is 11.3 Å². The van der Waals surface area contributed by atoms with Gasteiger partial charge in [-0.05, 0) is 44.0 Å². The van der Waals surface area contributed by atoms with Gasteiger partial charge in [-0.2, -0.15) is 0 Å². The fraction of sp³-hybridized carbons (Fsp3) is 0.450. The maximum Gasteiger partial charge on any atom is 0.339 e. The number of carbonyl (C=O) groups excluding carboxylic acids is 1. The van der Waals surface area contributed by atoms with Crippen molar-refractivity contribution in [1.29, 1.82) is 0 Å². The molecule has 1 aromatic heterocycles. The summed E-state index contributed by atoms with van der Waals surface area (Å²) in [7, 11) is 0. The number of hydrogen-bond donors (Lipinski definition) is 0. The minimum Gasteiger partial charge on any atom is -0.462 e. The van der Waals surface area contributed by atoms with Gasteiger partial charge < -0.3 is 9.30 Å². The van der Waals surface area contributed by atoms with E-state index >= 15 is 0 Å². The molecule has 2 aromatic rings. The van der Waals surface area contributed by atoms with Crippen LogP contribution in [0.1, 0.15) is 55.6 Å². The smallest absolute Gasteiger partial charge is 0.339 e. The number of unbranched alkanes of at least 4 members (excludes halogenated alkanes) is 3. The van der Waals surface area contributed by atoms with Crippen LogP contribution in [0.15, 0.2) is 34.8 Å². The largest absolute Gasteiger partial charge is 0.462 e. The quantitative estimate of drug-likeness (QED) is 0.409. The van der Waals surface area contributed by atoms with Crippen LogP contribution >= 0.6 is 15.9 Å². The molecular weight excluding hydrogens is 366 g/mol. The Bertz CT molecular complexity index is 674. The minimum absolute atomic E-state index is 0.235. The maximum absolute atomic E-state index is 12.2. The van der Waals surface area contributed by atoms with Crippen LogP contribution in [0.5, 0.6) is 0 Å². The molecule has 0 saturated carbocycles. The van der Waals surface area contributed by atoms with E-state index in [9.17, 15) is 4.79 Å². The molecule has 0 saturated heterocycles. The molecule has 0 atom stereocenters. The van der Waals surface area contributed by atoms with Gasteiger partial charge >= 0.3 is 5.97 Å². The van der Waals surface area contributed by atoms with E-state index in [1.165, 1.54) is 19.3 Å². The van der Waals surface area contributed by atoms with Crippen molar-refractivity contribution in [2.45, 2.75) is 53.0 Å². The van der Waals surface area contributed by atoms with E-state index < -0.39 is 0 Å². The second-order valence-corrected chi connectivity index (χ2v) is 6.88. The molecule has 0 unspecified atom stereocenters. The van der Waals surface area contributed by atoms with Gasteiger partial charge in [0.15, 0.2) is 0 Å². The highest BCUT2D eigenvalue weighted by Gasteiger charge is 2.19. The van der Waals surface area contributed by atoms with Crippen molar-refractivity contribution in [3.63, 3.8) is 0 Å². The summed E-state index contributed by atoms with van der Waals surface area (Å²) >= 11 is 3.48. The second kappa shape index (κ2) is 9.07. The third-order valence-electron chi connectivity index (χ3n) is 4.24. The normalized spacial score (nSPS) is 10.8. The van der Waals surface area contributed by atoms with Crippen LogP contribution in [0, 0.1) is 6.92 Å². The van der Waals surface area contributed by atoms with Crippen molar-refractivity contribution in [3.05, 3.63) is 46.1 Å². The fourth-order valence-electron chi connectivity index (χ4n) is 2.91. The molecule has 0 aliphatic carbocycles. The van der Waals surface area contributed by atoms with Gasteiger partial charge in [0, 0.05) is 22.4 Å². The highest BCUT2D eigenvalue weighted by molar-refractivity contribution is 9.10. The molecule has 1 heterocycles. The predicted octanol–water partition coefficient (Wildman–Crippen LogP) is 5.98. The minimum atomic E-state index is -0.235. The molecule has 0 spiro atoms. The SMILES string of the molecule is CCCCCCn1c(-c2ccc(Br)cc2)cc(C(=O)OCC)c1C. The number of halogens is 1. The van der Waals surface area contributed by atoms with Crippen LogP contribution in [0.3, 0.4) is 0 Å². The molecule has 0 amide bonds. The van der Waals surface area contributed by atoms with Crippen LogP contribution < -0.4 is 0 Å². The number of carbonyl (C=O) groups is 1.